The summed E-state index contributed by atoms with van der Waals surface area (Å²) in [5.41, 5.74) is 8.08. The monoisotopic (exact) mass is 264 g/mol. The lowest BCUT2D eigenvalue weighted by Gasteiger charge is -2.35. The topological polar surface area (TPSA) is 64.8 Å². The number of ether oxygens (including phenoxy) is 2. The van der Waals surface area contributed by atoms with E-state index < -0.39 is 0 Å². The summed E-state index contributed by atoms with van der Waals surface area (Å²) in [4.78, 5) is 13.7. The zero-order chi connectivity index (χ0) is 13.8. The minimum atomic E-state index is -0.346. The Hall–Kier alpha value is -1.75. The minimum absolute atomic E-state index is 0.218. The quantitative estimate of drug-likeness (QED) is 0.664. The third-order valence-electron chi connectivity index (χ3n) is 3.39. The van der Waals surface area contributed by atoms with Crippen molar-refractivity contribution in [1.82, 2.24) is 0 Å². The van der Waals surface area contributed by atoms with E-state index in [1.54, 1.807) is 18.2 Å². The van der Waals surface area contributed by atoms with Crippen molar-refractivity contribution in [2.75, 3.05) is 37.4 Å². The number of morpholine rings is 1. The number of benzene rings is 1. The number of nitrogen functional groups attached to an aromatic ring is 1. The Bertz CT molecular complexity index is 462. The Morgan fingerprint density at radius 3 is 3.05 bits per heavy atom. The maximum absolute atomic E-state index is 11.6. The molecule has 1 saturated heterocycles. The molecule has 1 aliphatic rings. The summed E-state index contributed by atoms with van der Waals surface area (Å²) in [5.74, 6) is -0.346. The number of rotatable bonds is 3. The molecule has 0 aromatic heterocycles. The smallest absolute Gasteiger partial charge is 0.337 e. The molecule has 1 atom stereocenters. The number of carbonyl (C=O) groups excluding carboxylic acids is 1. The lowest BCUT2D eigenvalue weighted by molar-refractivity contribution is 0.0385. The van der Waals surface area contributed by atoms with Crippen molar-refractivity contribution in [3.8, 4) is 0 Å². The second-order valence-corrected chi connectivity index (χ2v) is 4.61. The number of carbonyl (C=O) groups is 1. The van der Waals surface area contributed by atoms with Crippen LogP contribution in [0.15, 0.2) is 18.2 Å². The zero-order valence-electron chi connectivity index (χ0n) is 11.4. The normalized spacial score (nSPS) is 19.3. The fraction of sp³-hybridized carbons (Fsp3) is 0.500. The molecule has 0 spiro atoms. The first-order valence-electron chi connectivity index (χ1n) is 6.50. The van der Waals surface area contributed by atoms with E-state index >= 15 is 0 Å². The molecule has 1 aromatic carbocycles. The van der Waals surface area contributed by atoms with Gasteiger partial charge in [-0.25, -0.2) is 4.79 Å². The van der Waals surface area contributed by atoms with E-state index in [1.165, 1.54) is 7.11 Å². The second kappa shape index (κ2) is 5.93. The fourth-order valence-electron chi connectivity index (χ4n) is 2.25. The van der Waals surface area contributed by atoms with Crippen molar-refractivity contribution in [3.63, 3.8) is 0 Å². The number of hydrogen-bond acceptors (Lipinski definition) is 5. The Morgan fingerprint density at radius 1 is 1.58 bits per heavy atom. The van der Waals surface area contributed by atoms with Crippen LogP contribution < -0.4 is 10.6 Å². The number of nitrogens with zero attached hydrogens (tertiary/aromatic N) is 1. The minimum Gasteiger partial charge on any atom is -0.465 e. The molecular formula is C14H20N2O3. The van der Waals surface area contributed by atoms with E-state index in [0.29, 0.717) is 17.9 Å². The highest BCUT2D eigenvalue weighted by molar-refractivity contribution is 5.92. The van der Waals surface area contributed by atoms with Gasteiger partial charge in [-0.3, -0.25) is 0 Å². The molecule has 1 unspecified atom stereocenters. The molecule has 0 bridgehead atoms. The first kappa shape index (κ1) is 13.7. The summed E-state index contributed by atoms with van der Waals surface area (Å²) >= 11 is 0. The number of methoxy groups -OCH3 is 1. The molecule has 1 heterocycles. The van der Waals surface area contributed by atoms with Crippen LogP contribution in [-0.4, -0.2) is 38.9 Å². The van der Waals surface area contributed by atoms with Crippen LogP contribution in [0.3, 0.4) is 0 Å². The van der Waals surface area contributed by atoms with E-state index in [9.17, 15) is 4.79 Å². The molecule has 1 aliphatic heterocycles. The molecule has 0 aliphatic carbocycles. The van der Waals surface area contributed by atoms with Gasteiger partial charge in [-0.1, -0.05) is 6.92 Å². The number of anilines is 2. The average Bonchev–Trinajstić information content (AvgIpc) is 2.47. The van der Waals surface area contributed by atoms with Crippen molar-refractivity contribution >= 4 is 17.3 Å². The van der Waals surface area contributed by atoms with Gasteiger partial charge in [-0.05, 0) is 24.6 Å². The molecule has 0 radical (unpaired) electrons. The van der Waals surface area contributed by atoms with Gasteiger partial charge in [0.15, 0.2) is 0 Å². The first-order valence-corrected chi connectivity index (χ1v) is 6.50. The predicted molar refractivity (Wildman–Crippen MR) is 74.4 cm³/mol. The summed E-state index contributed by atoms with van der Waals surface area (Å²) < 4.78 is 10.4. The van der Waals surface area contributed by atoms with Crippen LogP contribution in [0.5, 0.6) is 0 Å². The number of esters is 1. The maximum atomic E-state index is 11.6. The van der Waals surface area contributed by atoms with Gasteiger partial charge >= 0.3 is 5.97 Å². The third-order valence-corrected chi connectivity index (χ3v) is 3.39. The van der Waals surface area contributed by atoms with Crippen molar-refractivity contribution in [2.45, 2.75) is 19.4 Å². The lowest BCUT2D eigenvalue weighted by Crippen LogP contribution is -2.42. The first-order chi connectivity index (χ1) is 9.15. The summed E-state index contributed by atoms with van der Waals surface area (Å²) in [6.45, 7) is 4.36. The Morgan fingerprint density at radius 2 is 2.37 bits per heavy atom. The number of nitrogens with two attached hydrogens (primary N) is 1. The van der Waals surface area contributed by atoms with Crippen LogP contribution in [0, 0.1) is 0 Å². The van der Waals surface area contributed by atoms with Crippen LogP contribution in [0.2, 0.25) is 0 Å². The van der Waals surface area contributed by atoms with Gasteiger partial charge in [-0.15, -0.1) is 0 Å². The molecule has 5 nitrogen and oxygen atoms in total. The summed E-state index contributed by atoms with van der Waals surface area (Å²) in [6, 6.07) is 5.22. The highest BCUT2D eigenvalue weighted by Crippen LogP contribution is 2.27. The molecule has 1 aromatic rings. The molecule has 1 fully saturated rings. The summed E-state index contributed by atoms with van der Waals surface area (Å²) in [6.07, 6.45) is 1.18. The molecule has 0 amide bonds. The highest BCUT2D eigenvalue weighted by Gasteiger charge is 2.21. The average molecular weight is 264 g/mol. The van der Waals surface area contributed by atoms with Crippen LogP contribution in [0.25, 0.3) is 0 Å². The van der Waals surface area contributed by atoms with Gasteiger partial charge in [0.25, 0.3) is 0 Å². The van der Waals surface area contributed by atoms with Gasteiger partial charge < -0.3 is 20.1 Å². The van der Waals surface area contributed by atoms with Crippen LogP contribution >= 0.6 is 0 Å². The van der Waals surface area contributed by atoms with Gasteiger partial charge in [0, 0.05) is 13.1 Å². The van der Waals surface area contributed by atoms with E-state index in [0.717, 1.165) is 25.2 Å². The SMILES string of the molecule is CCC1CN(c2cc(C(=O)OC)ccc2N)CCO1. The Balaban J connectivity index is 2.25. The van der Waals surface area contributed by atoms with Gasteiger partial charge in [-0.2, -0.15) is 0 Å². The molecule has 5 heteroatoms. The molecule has 19 heavy (non-hydrogen) atoms. The molecule has 2 N–H and O–H groups in total. The van der Waals surface area contributed by atoms with Gasteiger partial charge in [0.1, 0.15) is 0 Å². The van der Waals surface area contributed by atoms with Crippen molar-refractivity contribution < 1.29 is 14.3 Å². The fourth-order valence-corrected chi connectivity index (χ4v) is 2.25. The second-order valence-electron chi connectivity index (χ2n) is 4.61. The number of hydrogen-bond donors (Lipinski definition) is 1. The lowest BCUT2D eigenvalue weighted by atomic mass is 10.1. The van der Waals surface area contributed by atoms with E-state index in [4.69, 9.17) is 15.2 Å². The molecule has 2 rings (SSSR count). The predicted octanol–water partition coefficient (Wildman–Crippen LogP) is 1.67. The van der Waals surface area contributed by atoms with E-state index in [1.807, 2.05) is 0 Å². The van der Waals surface area contributed by atoms with Gasteiger partial charge in [0.05, 0.1) is 36.8 Å². The maximum Gasteiger partial charge on any atom is 0.337 e. The van der Waals surface area contributed by atoms with Crippen LogP contribution in [0.1, 0.15) is 23.7 Å². The van der Waals surface area contributed by atoms with Gasteiger partial charge in [0.2, 0.25) is 0 Å². The summed E-state index contributed by atoms with van der Waals surface area (Å²) in [5, 5.41) is 0. The van der Waals surface area contributed by atoms with E-state index in [-0.39, 0.29) is 12.1 Å². The van der Waals surface area contributed by atoms with Crippen LogP contribution in [-0.2, 0) is 9.47 Å². The van der Waals surface area contributed by atoms with Crippen molar-refractivity contribution in [3.05, 3.63) is 23.8 Å². The summed E-state index contributed by atoms with van der Waals surface area (Å²) in [7, 11) is 1.38. The standard InChI is InChI=1S/C14H20N2O3/c1-3-11-9-16(6-7-19-11)13-8-10(14(17)18-2)4-5-12(13)15/h4-5,8,11H,3,6-7,9,15H2,1-2H3. The molecular weight excluding hydrogens is 244 g/mol. The van der Waals surface area contributed by atoms with Crippen molar-refractivity contribution in [1.29, 1.82) is 0 Å². The van der Waals surface area contributed by atoms with E-state index in [2.05, 4.69) is 11.8 Å². The Kier molecular flexibility index (Phi) is 4.27. The molecule has 0 saturated carbocycles. The Labute approximate surface area is 113 Å². The largest absolute Gasteiger partial charge is 0.465 e. The van der Waals surface area contributed by atoms with Crippen molar-refractivity contribution in [2.24, 2.45) is 0 Å². The zero-order valence-corrected chi connectivity index (χ0v) is 11.4. The molecule has 104 valence electrons. The van der Waals surface area contributed by atoms with Crippen LogP contribution in [0.4, 0.5) is 11.4 Å². The highest BCUT2D eigenvalue weighted by atomic mass is 16.5. The third kappa shape index (κ3) is 2.98.